The lowest BCUT2D eigenvalue weighted by molar-refractivity contribution is -0.111. The highest BCUT2D eigenvalue weighted by molar-refractivity contribution is 6.00. The third-order valence-corrected chi connectivity index (χ3v) is 6.05. The van der Waals surface area contributed by atoms with E-state index in [4.69, 9.17) is 0 Å². The molecule has 4 aromatic rings. The third-order valence-electron chi connectivity index (χ3n) is 6.05. The predicted molar refractivity (Wildman–Crippen MR) is 156 cm³/mol. The summed E-state index contributed by atoms with van der Waals surface area (Å²) in [6.07, 6.45) is 9.42. The molecule has 0 bridgehead atoms. The molecule has 2 aromatic heterocycles. The highest BCUT2D eigenvalue weighted by atomic mass is 19.1. The van der Waals surface area contributed by atoms with Gasteiger partial charge in [-0.2, -0.15) is 0 Å². The van der Waals surface area contributed by atoms with Gasteiger partial charge in [-0.1, -0.05) is 31.6 Å². The number of pyridine rings is 1. The Morgan fingerprint density at radius 1 is 1.08 bits per heavy atom. The second-order valence-electron chi connectivity index (χ2n) is 9.55. The normalized spacial score (nSPS) is 11.3. The molecule has 0 spiro atoms. The standard InChI is InChI=1S/C30H34FN7O/c1-4-5-9-22-16-24(12-13-26(22)32-18-21-8-6-10-23(31)15-21)36-30-25-17-28(33-19-27(25)34-20-35-30)37-29(39)11-7-14-38(2)3/h6-8,10-13,15-17,19-20,32H,4-5,9,14,18H2,1-3H3,(H,33,37,39)(H,34,35,36)/b11-7+. The number of nitrogens with one attached hydrogen (secondary N) is 3. The zero-order valence-electron chi connectivity index (χ0n) is 22.5. The Morgan fingerprint density at radius 3 is 2.74 bits per heavy atom. The molecule has 0 radical (unpaired) electrons. The van der Waals surface area contributed by atoms with E-state index in [1.54, 1.807) is 30.5 Å². The summed E-state index contributed by atoms with van der Waals surface area (Å²) in [6, 6.07) is 14.5. The minimum Gasteiger partial charge on any atom is -0.381 e. The number of carbonyl (C=O) groups excluding carboxylic acids is 1. The summed E-state index contributed by atoms with van der Waals surface area (Å²) in [5.41, 5.74) is 4.61. The smallest absolute Gasteiger partial charge is 0.249 e. The van der Waals surface area contributed by atoms with Gasteiger partial charge in [0.1, 0.15) is 23.8 Å². The van der Waals surface area contributed by atoms with Gasteiger partial charge in [-0.3, -0.25) is 4.79 Å². The highest BCUT2D eigenvalue weighted by Gasteiger charge is 2.10. The molecule has 0 saturated heterocycles. The van der Waals surface area contributed by atoms with Crippen LogP contribution in [0.4, 0.5) is 27.4 Å². The van der Waals surface area contributed by atoms with Crippen LogP contribution in [0.2, 0.25) is 0 Å². The van der Waals surface area contributed by atoms with Crippen molar-refractivity contribution in [3.63, 3.8) is 0 Å². The van der Waals surface area contributed by atoms with Gasteiger partial charge in [-0.05, 0) is 74.5 Å². The van der Waals surface area contributed by atoms with E-state index in [-0.39, 0.29) is 11.7 Å². The third kappa shape index (κ3) is 8.05. The Bertz CT molecular complexity index is 1450. The molecular weight excluding hydrogens is 493 g/mol. The van der Waals surface area contributed by atoms with Crippen LogP contribution in [-0.2, 0) is 17.8 Å². The number of anilines is 4. The molecule has 0 aliphatic carbocycles. The second-order valence-corrected chi connectivity index (χ2v) is 9.55. The number of aromatic nitrogens is 3. The van der Waals surface area contributed by atoms with Gasteiger partial charge in [0, 0.05) is 35.9 Å². The Kier molecular flexibility index (Phi) is 9.53. The first-order valence-corrected chi connectivity index (χ1v) is 13.0. The minimum absolute atomic E-state index is 0.240. The quantitative estimate of drug-likeness (QED) is 0.197. The lowest BCUT2D eigenvalue weighted by Gasteiger charge is -2.15. The number of unbranched alkanes of at least 4 members (excludes halogenated alkanes) is 1. The van der Waals surface area contributed by atoms with E-state index < -0.39 is 0 Å². The average Bonchev–Trinajstić information content (AvgIpc) is 2.91. The number of nitrogens with zero attached hydrogens (tertiary/aromatic N) is 4. The van der Waals surface area contributed by atoms with Crippen LogP contribution in [0.25, 0.3) is 10.9 Å². The topological polar surface area (TPSA) is 95.1 Å². The van der Waals surface area contributed by atoms with Crippen LogP contribution in [0.15, 0.2) is 73.2 Å². The summed E-state index contributed by atoms with van der Waals surface area (Å²) in [5, 5.41) is 10.4. The Balaban J connectivity index is 1.53. The van der Waals surface area contributed by atoms with Crippen LogP contribution in [0.5, 0.6) is 0 Å². The lowest BCUT2D eigenvalue weighted by Crippen LogP contribution is -2.13. The van der Waals surface area contributed by atoms with Crippen LogP contribution in [0.1, 0.15) is 30.9 Å². The molecule has 0 unspecified atom stereocenters. The summed E-state index contributed by atoms with van der Waals surface area (Å²) >= 11 is 0. The SMILES string of the molecule is CCCCc1cc(Nc2ncnc3cnc(NC(=O)/C=C/CN(C)C)cc23)ccc1NCc1cccc(F)c1. The first kappa shape index (κ1) is 27.7. The molecule has 2 heterocycles. The van der Waals surface area contributed by atoms with Crippen molar-refractivity contribution in [1.82, 2.24) is 19.9 Å². The number of benzene rings is 2. The molecule has 0 atom stereocenters. The van der Waals surface area contributed by atoms with E-state index in [0.29, 0.717) is 30.2 Å². The molecule has 39 heavy (non-hydrogen) atoms. The summed E-state index contributed by atoms with van der Waals surface area (Å²) in [7, 11) is 3.87. The molecule has 0 aliphatic heterocycles. The van der Waals surface area contributed by atoms with Crippen molar-refractivity contribution < 1.29 is 9.18 Å². The van der Waals surface area contributed by atoms with Gasteiger partial charge in [-0.15, -0.1) is 0 Å². The van der Waals surface area contributed by atoms with E-state index in [1.807, 2.05) is 37.2 Å². The molecule has 9 heteroatoms. The highest BCUT2D eigenvalue weighted by Crippen LogP contribution is 2.28. The summed E-state index contributed by atoms with van der Waals surface area (Å²) < 4.78 is 13.6. The van der Waals surface area contributed by atoms with E-state index in [9.17, 15) is 9.18 Å². The minimum atomic E-state index is -0.253. The van der Waals surface area contributed by atoms with Crippen LogP contribution in [0, 0.1) is 5.82 Å². The molecule has 8 nitrogen and oxygen atoms in total. The first-order valence-electron chi connectivity index (χ1n) is 13.0. The number of hydrogen-bond donors (Lipinski definition) is 3. The van der Waals surface area contributed by atoms with E-state index in [1.165, 1.54) is 18.5 Å². The molecular formula is C30H34FN7O. The summed E-state index contributed by atoms with van der Waals surface area (Å²) in [5.74, 6) is 0.538. The number of fused-ring (bicyclic) bond motifs is 1. The van der Waals surface area contributed by atoms with Gasteiger partial charge >= 0.3 is 0 Å². The van der Waals surface area contributed by atoms with Crippen molar-refractivity contribution in [2.24, 2.45) is 0 Å². The average molecular weight is 528 g/mol. The van der Waals surface area contributed by atoms with Crippen molar-refractivity contribution in [3.05, 3.63) is 90.2 Å². The van der Waals surface area contributed by atoms with Gasteiger partial charge in [-0.25, -0.2) is 19.3 Å². The fourth-order valence-corrected chi connectivity index (χ4v) is 4.06. The molecule has 0 aliphatic rings. The van der Waals surface area contributed by atoms with Crippen molar-refractivity contribution in [2.75, 3.05) is 36.6 Å². The second kappa shape index (κ2) is 13.4. The maximum atomic E-state index is 13.6. The zero-order valence-corrected chi connectivity index (χ0v) is 22.5. The van der Waals surface area contributed by atoms with E-state index in [0.717, 1.165) is 47.2 Å². The van der Waals surface area contributed by atoms with Crippen molar-refractivity contribution in [2.45, 2.75) is 32.7 Å². The number of amides is 1. The lowest BCUT2D eigenvalue weighted by atomic mass is 10.0. The van der Waals surface area contributed by atoms with Gasteiger partial charge in [0.15, 0.2) is 0 Å². The molecule has 202 valence electrons. The van der Waals surface area contributed by atoms with Crippen molar-refractivity contribution >= 4 is 39.8 Å². The van der Waals surface area contributed by atoms with Gasteiger partial charge in [0.05, 0.1) is 11.7 Å². The maximum Gasteiger partial charge on any atom is 0.249 e. The fraction of sp³-hybridized carbons (Fsp3) is 0.267. The van der Waals surface area contributed by atoms with Crippen LogP contribution in [0.3, 0.4) is 0 Å². The molecule has 1 amide bonds. The van der Waals surface area contributed by atoms with Crippen LogP contribution < -0.4 is 16.0 Å². The van der Waals surface area contributed by atoms with E-state index in [2.05, 4.69) is 43.9 Å². The number of rotatable bonds is 12. The molecule has 0 saturated carbocycles. The number of likely N-dealkylation sites (N-methyl/N-ethyl adjacent to an activating group) is 1. The molecule has 3 N–H and O–H groups in total. The van der Waals surface area contributed by atoms with Gasteiger partial charge in [0.2, 0.25) is 5.91 Å². The number of carbonyl (C=O) groups is 1. The summed E-state index contributed by atoms with van der Waals surface area (Å²) in [6.45, 7) is 3.36. The largest absolute Gasteiger partial charge is 0.381 e. The number of aryl methyl sites for hydroxylation is 1. The number of halogens is 1. The van der Waals surface area contributed by atoms with Crippen molar-refractivity contribution in [3.8, 4) is 0 Å². The summed E-state index contributed by atoms with van der Waals surface area (Å²) in [4.78, 5) is 27.4. The Labute approximate surface area is 228 Å². The van der Waals surface area contributed by atoms with Crippen molar-refractivity contribution in [1.29, 1.82) is 0 Å². The molecule has 0 fully saturated rings. The van der Waals surface area contributed by atoms with Crippen LogP contribution in [-0.4, -0.2) is 46.4 Å². The first-order chi connectivity index (χ1) is 18.9. The molecule has 2 aromatic carbocycles. The van der Waals surface area contributed by atoms with E-state index >= 15 is 0 Å². The predicted octanol–water partition coefficient (Wildman–Crippen LogP) is 5.92. The zero-order chi connectivity index (χ0) is 27.6. The Morgan fingerprint density at radius 2 is 1.95 bits per heavy atom. The number of hydrogen-bond acceptors (Lipinski definition) is 7. The van der Waals surface area contributed by atoms with Crippen LogP contribution >= 0.6 is 0 Å². The fourth-order valence-electron chi connectivity index (χ4n) is 4.06. The molecule has 4 rings (SSSR count). The monoisotopic (exact) mass is 527 g/mol. The Hall–Kier alpha value is -4.37. The van der Waals surface area contributed by atoms with Gasteiger partial charge < -0.3 is 20.9 Å². The maximum absolute atomic E-state index is 13.6. The van der Waals surface area contributed by atoms with Gasteiger partial charge in [0.25, 0.3) is 0 Å².